The lowest BCUT2D eigenvalue weighted by Crippen LogP contribution is -2.46. The van der Waals surface area contributed by atoms with Crippen LogP contribution in [0.25, 0.3) is 0 Å². The molecule has 0 aliphatic carbocycles. The first kappa shape index (κ1) is 17.5. The molecule has 22 heavy (non-hydrogen) atoms. The molecule has 2 atom stereocenters. The molecule has 5 heteroatoms. The maximum atomic E-state index is 5.64. The van der Waals surface area contributed by atoms with Crippen LogP contribution in [0.1, 0.15) is 52.4 Å². The molecule has 0 aromatic carbocycles. The Kier molecular flexibility index (Phi) is 8.02. The Balaban J connectivity index is 1.71. The second-order valence-corrected chi connectivity index (χ2v) is 6.38. The molecule has 0 bridgehead atoms. The minimum absolute atomic E-state index is 0.321. The number of ether oxygens (including phenoxy) is 1. The number of nitrogens with zero attached hydrogens (tertiary/aromatic N) is 2. The topological polar surface area (TPSA) is 48.9 Å². The van der Waals surface area contributed by atoms with Crippen LogP contribution in [0.2, 0.25) is 0 Å². The van der Waals surface area contributed by atoms with Crippen LogP contribution in [0.3, 0.4) is 0 Å². The van der Waals surface area contributed by atoms with Gasteiger partial charge < -0.3 is 15.4 Å². The number of guanidine groups is 1. The van der Waals surface area contributed by atoms with Gasteiger partial charge in [-0.15, -0.1) is 0 Å². The second kappa shape index (κ2) is 10.1. The highest BCUT2D eigenvalue weighted by molar-refractivity contribution is 5.79. The van der Waals surface area contributed by atoms with E-state index in [2.05, 4.69) is 34.4 Å². The number of piperidine rings is 1. The van der Waals surface area contributed by atoms with E-state index in [-0.39, 0.29) is 0 Å². The van der Waals surface area contributed by atoms with Gasteiger partial charge in [0.1, 0.15) is 0 Å². The molecule has 5 nitrogen and oxygen atoms in total. The van der Waals surface area contributed by atoms with Gasteiger partial charge in [0.2, 0.25) is 0 Å². The molecule has 0 aromatic heterocycles. The van der Waals surface area contributed by atoms with Crippen molar-refractivity contribution in [1.82, 2.24) is 15.5 Å². The lowest BCUT2D eigenvalue weighted by Gasteiger charge is -2.35. The summed E-state index contributed by atoms with van der Waals surface area (Å²) in [5.41, 5.74) is 0. The van der Waals surface area contributed by atoms with E-state index >= 15 is 0 Å². The van der Waals surface area contributed by atoms with Gasteiger partial charge in [0, 0.05) is 32.3 Å². The van der Waals surface area contributed by atoms with Crippen LogP contribution in [-0.2, 0) is 4.74 Å². The van der Waals surface area contributed by atoms with Gasteiger partial charge in [-0.3, -0.25) is 9.89 Å². The molecule has 2 rings (SSSR count). The van der Waals surface area contributed by atoms with Crippen LogP contribution >= 0.6 is 0 Å². The fourth-order valence-electron chi connectivity index (χ4n) is 3.46. The van der Waals surface area contributed by atoms with Crippen LogP contribution in [-0.4, -0.2) is 62.3 Å². The quantitative estimate of drug-likeness (QED) is 0.558. The third-order valence-electron chi connectivity index (χ3n) is 4.73. The average Bonchev–Trinajstić information content (AvgIpc) is 3.06. The van der Waals surface area contributed by atoms with Crippen molar-refractivity contribution in [2.75, 3.05) is 39.3 Å². The smallest absolute Gasteiger partial charge is 0.191 e. The average molecular weight is 310 g/mol. The Morgan fingerprint density at radius 1 is 1.18 bits per heavy atom. The van der Waals surface area contributed by atoms with E-state index in [1.54, 1.807) is 0 Å². The van der Waals surface area contributed by atoms with Gasteiger partial charge in [-0.2, -0.15) is 0 Å². The first-order valence-corrected chi connectivity index (χ1v) is 9.21. The minimum atomic E-state index is 0.321. The lowest BCUT2D eigenvalue weighted by molar-refractivity contribution is 0.117. The van der Waals surface area contributed by atoms with E-state index in [1.807, 2.05) is 0 Å². The molecule has 2 aliphatic heterocycles. The molecular formula is C17H34N4O. The van der Waals surface area contributed by atoms with Gasteiger partial charge in [0.25, 0.3) is 0 Å². The summed E-state index contributed by atoms with van der Waals surface area (Å²) in [7, 11) is 0. The molecule has 0 amide bonds. The number of aliphatic imine (C=N–C) groups is 1. The van der Waals surface area contributed by atoms with Crippen molar-refractivity contribution in [3.63, 3.8) is 0 Å². The van der Waals surface area contributed by atoms with E-state index in [4.69, 9.17) is 4.74 Å². The van der Waals surface area contributed by atoms with Crippen molar-refractivity contribution < 1.29 is 4.74 Å². The zero-order valence-corrected chi connectivity index (χ0v) is 14.4. The molecule has 2 unspecified atom stereocenters. The van der Waals surface area contributed by atoms with Crippen LogP contribution in [0.15, 0.2) is 4.99 Å². The predicted octanol–water partition coefficient (Wildman–Crippen LogP) is 1.99. The molecule has 0 radical (unpaired) electrons. The van der Waals surface area contributed by atoms with Gasteiger partial charge in [0.05, 0.1) is 12.6 Å². The number of hydrogen-bond acceptors (Lipinski definition) is 3. The van der Waals surface area contributed by atoms with Crippen molar-refractivity contribution >= 4 is 5.96 Å². The molecule has 0 aromatic rings. The van der Waals surface area contributed by atoms with E-state index < -0.39 is 0 Å². The van der Waals surface area contributed by atoms with Crippen LogP contribution in [0.4, 0.5) is 0 Å². The third-order valence-corrected chi connectivity index (χ3v) is 4.73. The molecule has 2 saturated heterocycles. The normalized spacial score (nSPS) is 27.1. The van der Waals surface area contributed by atoms with Crippen molar-refractivity contribution in [1.29, 1.82) is 0 Å². The molecule has 0 saturated carbocycles. The van der Waals surface area contributed by atoms with Crippen molar-refractivity contribution in [2.24, 2.45) is 4.99 Å². The number of rotatable bonds is 7. The summed E-state index contributed by atoms with van der Waals surface area (Å²) in [5.74, 6) is 0.933. The highest BCUT2D eigenvalue weighted by atomic mass is 16.5. The second-order valence-electron chi connectivity index (χ2n) is 6.38. The Labute approximate surface area is 135 Å². The monoisotopic (exact) mass is 310 g/mol. The van der Waals surface area contributed by atoms with Gasteiger partial charge in [-0.25, -0.2) is 0 Å². The SMILES string of the molecule is CCNC(=NCC1CCCO1)NCCN1CCCCC1CC. The molecule has 128 valence electrons. The van der Waals surface area contributed by atoms with E-state index in [0.29, 0.717) is 6.10 Å². The van der Waals surface area contributed by atoms with Gasteiger partial charge in [-0.05, 0) is 45.6 Å². The minimum Gasteiger partial charge on any atom is -0.376 e. The Morgan fingerprint density at radius 3 is 2.82 bits per heavy atom. The largest absolute Gasteiger partial charge is 0.376 e. The summed E-state index contributed by atoms with van der Waals surface area (Å²) >= 11 is 0. The number of nitrogens with one attached hydrogen (secondary N) is 2. The Morgan fingerprint density at radius 2 is 2.09 bits per heavy atom. The fourth-order valence-corrected chi connectivity index (χ4v) is 3.46. The first-order valence-electron chi connectivity index (χ1n) is 9.21. The predicted molar refractivity (Wildman–Crippen MR) is 92.5 cm³/mol. The van der Waals surface area contributed by atoms with Gasteiger partial charge >= 0.3 is 0 Å². The van der Waals surface area contributed by atoms with Crippen molar-refractivity contribution in [3.8, 4) is 0 Å². The summed E-state index contributed by atoms with van der Waals surface area (Å²) in [5, 5.41) is 6.81. The molecule has 2 fully saturated rings. The van der Waals surface area contributed by atoms with Crippen LogP contribution in [0, 0.1) is 0 Å². The fraction of sp³-hybridized carbons (Fsp3) is 0.941. The lowest BCUT2D eigenvalue weighted by atomic mass is 10.0. The van der Waals surface area contributed by atoms with E-state index in [1.165, 1.54) is 38.6 Å². The highest BCUT2D eigenvalue weighted by Crippen LogP contribution is 2.18. The molecular weight excluding hydrogens is 276 g/mol. The maximum Gasteiger partial charge on any atom is 0.191 e. The zero-order valence-electron chi connectivity index (χ0n) is 14.4. The Hall–Kier alpha value is -0.810. The van der Waals surface area contributed by atoms with Gasteiger partial charge in [0.15, 0.2) is 5.96 Å². The molecule has 0 spiro atoms. The summed E-state index contributed by atoms with van der Waals surface area (Å²) in [6.45, 7) is 10.3. The summed E-state index contributed by atoms with van der Waals surface area (Å²) in [6, 6.07) is 0.780. The molecule has 2 heterocycles. The van der Waals surface area contributed by atoms with Crippen LogP contribution in [0.5, 0.6) is 0 Å². The van der Waals surface area contributed by atoms with E-state index in [0.717, 1.165) is 51.2 Å². The maximum absolute atomic E-state index is 5.64. The standard InChI is InChI=1S/C17H34N4O/c1-3-15-8-5-6-11-21(15)12-10-19-17(18-4-2)20-14-16-9-7-13-22-16/h15-16H,3-14H2,1-2H3,(H2,18,19,20). The van der Waals surface area contributed by atoms with E-state index in [9.17, 15) is 0 Å². The number of likely N-dealkylation sites (tertiary alicyclic amines) is 1. The summed E-state index contributed by atoms with van der Waals surface area (Å²) < 4.78 is 5.64. The van der Waals surface area contributed by atoms with Crippen molar-refractivity contribution in [3.05, 3.63) is 0 Å². The molecule has 2 N–H and O–H groups in total. The Bertz CT molecular complexity index is 329. The summed E-state index contributed by atoms with van der Waals surface area (Å²) in [6.07, 6.45) is 8.03. The zero-order chi connectivity index (χ0) is 15.6. The van der Waals surface area contributed by atoms with Crippen molar-refractivity contribution in [2.45, 2.75) is 64.5 Å². The summed E-state index contributed by atoms with van der Waals surface area (Å²) in [4.78, 5) is 7.31. The van der Waals surface area contributed by atoms with Gasteiger partial charge in [-0.1, -0.05) is 13.3 Å². The molecule has 2 aliphatic rings. The first-order chi connectivity index (χ1) is 10.8. The third kappa shape index (κ3) is 5.76. The highest BCUT2D eigenvalue weighted by Gasteiger charge is 2.20. The number of hydrogen-bond donors (Lipinski definition) is 2. The van der Waals surface area contributed by atoms with Crippen LogP contribution < -0.4 is 10.6 Å².